The van der Waals surface area contributed by atoms with Crippen molar-refractivity contribution in [3.8, 4) is 0 Å². The highest BCUT2D eigenvalue weighted by Crippen LogP contribution is 2.36. The summed E-state index contributed by atoms with van der Waals surface area (Å²) in [5.41, 5.74) is 0.701. The highest BCUT2D eigenvalue weighted by molar-refractivity contribution is 5.17. The lowest BCUT2D eigenvalue weighted by Gasteiger charge is -2.23. The molecular formula is C15H20FNO2. The van der Waals surface area contributed by atoms with Crippen LogP contribution in [0.3, 0.4) is 0 Å². The Morgan fingerprint density at radius 2 is 2.32 bits per heavy atom. The molecule has 1 aromatic carbocycles. The Morgan fingerprint density at radius 1 is 1.47 bits per heavy atom. The SMILES string of the molecule is COC1COC2(CCN(Cc3ccccc3F)C2)C1. The highest BCUT2D eigenvalue weighted by Gasteiger charge is 2.45. The average molecular weight is 265 g/mol. The highest BCUT2D eigenvalue weighted by atomic mass is 19.1. The zero-order valence-corrected chi connectivity index (χ0v) is 11.3. The monoisotopic (exact) mass is 265 g/mol. The Balaban J connectivity index is 1.62. The number of benzene rings is 1. The topological polar surface area (TPSA) is 21.7 Å². The summed E-state index contributed by atoms with van der Waals surface area (Å²) in [7, 11) is 1.74. The third kappa shape index (κ3) is 2.66. The molecule has 1 spiro atoms. The summed E-state index contributed by atoms with van der Waals surface area (Å²) in [6, 6.07) is 6.99. The van der Waals surface area contributed by atoms with Crippen molar-refractivity contribution in [1.82, 2.24) is 4.90 Å². The van der Waals surface area contributed by atoms with E-state index in [1.165, 1.54) is 6.07 Å². The Morgan fingerprint density at radius 3 is 3.05 bits per heavy atom. The molecule has 2 heterocycles. The summed E-state index contributed by atoms with van der Waals surface area (Å²) >= 11 is 0. The van der Waals surface area contributed by atoms with Gasteiger partial charge in [-0.15, -0.1) is 0 Å². The van der Waals surface area contributed by atoms with Crippen LogP contribution in [0.15, 0.2) is 24.3 Å². The number of halogens is 1. The molecule has 2 atom stereocenters. The van der Waals surface area contributed by atoms with Gasteiger partial charge in [-0.1, -0.05) is 18.2 Å². The second-order valence-corrected chi connectivity index (χ2v) is 5.61. The van der Waals surface area contributed by atoms with Gasteiger partial charge in [0.2, 0.25) is 0 Å². The maximum absolute atomic E-state index is 13.7. The van der Waals surface area contributed by atoms with Crippen molar-refractivity contribution in [3.63, 3.8) is 0 Å². The van der Waals surface area contributed by atoms with Gasteiger partial charge in [0.1, 0.15) is 5.82 Å². The van der Waals surface area contributed by atoms with Crippen molar-refractivity contribution in [3.05, 3.63) is 35.6 Å². The van der Waals surface area contributed by atoms with Crippen molar-refractivity contribution in [2.45, 2.75) is 31.1 Å². The van der Waals surface area contributed by atoms with Crippen molar-refractivity contribution in [2.24, 2.45) is 0 Å². The number of likely N-dealkylation sites (tertiary alicyclic amines) is 1. The van der Waals surface area contributed by atoms with Gasteiger partial charge in [-0.05, 0) is 12.5 Å². The molecule has 19 heavy (non-hydrogen) atoms. The van der Waals surface area contributed by atoms with Crippen molar-refractivity contribution >= 4 is 0 Å². The predicted molar refractivity (Wildman–Crippen MR) is 70.4 cm³/mol. The molecule has 2 unspecified atom stereocenters. The minimum Gasteiger partial charge on any atom is -0.379 e. The number of rotatable bonds is 3. The van der Waals surface area contributed by atoms with Gasteiger partial charge in [0.15, 0.2) is 0 Å². The molecule has 2 aliphatic heterocycles. The van der Waals surface area contributed by atoms with Crippen LogP contribution in [-0.2, 0) is 16.0 Å². The summed E-state index contributed by atoms with van der Waals surface area (Å²) in [6.07, 6.45) is 2.19. The van der Waals surface area contributed by atoms with E-state index in [-0.39, 0.29) is 17.5 Å². The largest absolute Gasteiger partial charge is 0.379 e. The maximum atomic E-state index is 13.7. The molecule has 0 amide bonds. The lowest BCUT2D eigenvalue weighted by atomic mass is 9.98. The zero-order chi connectivity index (χ0) is 13.3. The first kappa shape index (κ1) is 13.0. The number of hydrogen-bond acceptors (Lipinski definition) is 3. The van der Waals surface area contributed by atoms with Gasteiger partial charge >= 0.3 is 0 Å². The van der Waals surface area contributed by atoms with E-state index < -0.39 is 0 Å². The summed E-state index contributed by atoms with van der Waals surface area (Å²) in [5.74, 6) is -0.120. The van der Waals surface area contributed by atoms with E-state index in [1.807, 2.05) is 12.1 Å². The van der Waals surface area contributed by atoms with Gasteiger partial charge in [-0.25, -0.2) is 4.39 Å². The molecule has 3 rings (SSSR count). The predicted octanol–water partition coefficient (Wildman–Crippen LogP) is 2.21. The zero-order valence-electron chi connectivity index (χ0n) is 11.3. The molecule has 2 aliphatic rings. The normalized spacial score (nSPS) is 31.4. The Bertz CT molecular complexity index is 454. The summed E-state index contributed by atoms with van der Waals surface area (Å²) < 4.78 is 25.0. The second-order valence-electron chi connectivity index (χ2n) is 5.61. The molecule has 2 fully saturated rings. The molecule has 0 saturated carbocycles. The van der Waals surface area contributed by atoms with Crippen LogP contribution < -0.4 is 0 Å². The van der Waals surface area contributed by atoms with Gasteiger partial charge in [-0.2, -0.15) is 0 Å². The fourth-order valence-electron chi connectivity index (χ4n) is 3.17. The fourth-order valence-corrected chi connectivity index (χ4v) is 3.17. The number of ether oxygens (including phenoxy) is 2. The number of nitrogens with zero attached hydrogens (tertiary/aromatic N) is 1. The molecule has 0 N–H and O–H groups in total. The Kier molecular flexibility index (Phi) is 3.56. The minimum atomic E-state index is -0.120. The van der Waals surface area contributed by atoms with E-state index in [0.29, 0.717) is 13.2 Å². The Hall–Kier alpha value is -0.970. The van der Waals surface area contributed by atoms with E-state index in [4.69, 9.17) is 9.47 Å². The lowest BCUT2D eigenvalue weighted by Crippen LogP contribution is -2.33. The third-order valence-electron chi connectivity index (χ3n) is 4.26. The van der Waals surface area contributed by atoms with Gasteiger partial charge in [0, 0.05) is 38.7 Å². The van der Waals surface area contributed by atoms with Crippen molar-refractivity contribution < 1.29 is 13.9 Å². The van der Waals surface area contributed by atoms with E-state index >= 15 is 0 Å². The number of hydrogen-bond donors (Lipinski definition) is 0. The number of methoxy groups -OCH3 is 1. The molecule has 2 saturated heterocycles. The van der Waals surface area contributed by atoms with Crippen molar-refractivity contribution in [2.75, 3.05) is 26.8 Å². The smallest absolute Gasteiger partial charge is 0.127 e. The molecule has 0 bridgehead atoms. The first-order chi connectivity index (χ1) is 9.21. The van der Waals surface area contributed by atoms with Crippen LogP contribution in [0.4, 0.5) is 4.39 Å². The molecule has 3 nitrogen and oxygen atoms in total. The first-order valence-corrected chi connectivity index (χ1v) is 6.83. The van der Waals surface area contributed by atoms with E-state index in [0.717, 1.165) is 31.5 Å². The lowest BCUT2D eigenvalue weighted by molar-refractivity contribution is 0.00628. The molecule has 104 valence electrons. The summed E-state index contributed by atoms with van der Waals surface area (Å²) in [5, 5.41) is 0. The maximum Gasteiger partial charge on any atom is 0.127 e. The minimum absolute atomic E-state index is 0.0636. The van der Waals surface area contributed by atoms with Crippen LogP contribution in [-0.4, -0.2) is 43.4 Å². The fraction of sp³-hybridized carbons (Fsp3) is 0.600. The van der Waals surface area contributed by atoms with E-state index in [1.54, 1.807) is 13.2 Å². The van der Waals surface area contributed by atoms with Crippen LogP contribution in [0.1, 0.15) is 18.4 Å². The van der Waals surface area contributed by atoms with Crippen LogP contribution in [0.25, 0.3) is 0 Å². The van der Waals surface area contributed by atoms with Gasteiger partial charge in [0.05, 0.1) is 18.3 Å². The van der Waals surface area contributed by atoms with Gasteiger partial charge in [-0.3, -0.25) is 4.90 Å². The molecular weight excluding hydrogens is 245 g/mol. The first-order valence-electron chi connectivity index (χ1n) is 6.83. The van der Waals surface area contributed by atoms with Gasteiger partial charge < -0.3 is 9.47 Å². The molecule has 4 heteroatoms. The van der Waals surface area contributed by atoms with Crippen molar-refractivity contribution in [1.29, 1.82) is 0 Å². The summed E-state index contributed by atoms with van der Waals surface area (Å²) in [4.78, 5) is 2.27. The molecule has 0 aliphatic carbocycles. The van der Waals surface area contributed by atoms with E-state index in [9.17, 15) is 4.39 Å². The molecule has 0 aromatic heterocycles. The molecule has 0 radical (unpaired) electrons. The van der Waals surface area contributed by atoms with Crippen LogP contribution in [0, 0.1) is 5.82 Å². The second kappa shape index (κ2) is 5.19. The van der Waals surface area contributed by atoms with Crippen LogP contribution >= 0.6 is 0 Å². The Labute approximate surface area is 113 Å². The molecule has 1 aromatic rings. The summed E-state index contributed by atoms with van der Waals surface area (Å²) in [6.45, 7) is 3.19. The van der Waals surface area contributed by atoms with Crippen LogP contribution in [0.2, 0.25) is 0 Å². The van der Waals surface area contributed by atoms with Gasteiger partial charge in [0.25, 0.3) is 0 Å². The quantitative estimate of drug-likeness (QED) is 0.836. The van der Waals surface area contributed by atoms with Crippen LogP contribution in [0.5, 0.6) is 0 Å². The van der Waals surface area contributed by atoms with E-state index in [2.05, 4.69) is 4.90 Å². The standard InChI is InChI=1S/C15H20FNO2/c1-18-13-8-15(19-10-13)6-7-17(11-15)9-12-4-2-3-5-14(12)16/h2-5,13H,6-11H2,1H3. The third-order valence-corrected chi connectivity index (χ3v) is 4.26. The average Bonchev–Trinajstić information content (AvgIpc) is 3.00.